The van der Waals surface area contributed by atoms with Crippen molar-refractivity contribution in [1.29, 1.82) is 0 Å². The van der Waals surface area contributed by atoms with Crippen molar-refractivity contribution in [2.75, 3.05) is 19.0 Å². The van der Waals surface area contributed by atoms with Gasteiger partial charge in [-0.05, 0) is 6.42 Å². The summed E-state index contributed by atoms with van der Waals surface area (Å²) in [7, 11) is 0. The van der Waals surface area contributed by atoms with Crippen LogP contribution in [0.1, 0.15) is 32.6 Å². The zero-order chi connectivity index (χ0) is 35.0. The van der Waals surface area contributed by atoms with E-state index < -0.39 is 135 Å². The number of thiol groups is 1. The molecular formula is C24H42N4O16S. The van der Waals surface area contributed by atoms with Crippen LogP contribution in [0.2, 0.25) is 0 Å². The highest BCUT2D eigenvalue weighted by Crippen LogP contribution is 2.12. The van der Waals surface area contributed by atoms with E-state index in [1.165, 1.54) is 0 Å². The lowest BCUT2D eigenvalue weighted by Crippen LogP contribution is -2.59. The Hall–Kier alpha value is -3.15. The predicted molar refractivity (Wildman–Crippen MR) is 151 cm³/mol. The van der Waals surface area contributed by atoms with E-state index in [0.29, 0.717) is 0 Å². The van der Waals surface area contributed by atoms with Crippen LogP contribution in [0.25, 0.3) is 0 Å². The zero-order valence-electron chi connectivity index (χ0n) is 24.1. The first-order valence-electron chi connectivity index (χ1n) is 13.4. The Morgan fingerprint density at radius 2 is 1.07 bits per heavy atom. The van der Waals surface area contributed by atoms with Gasteiger partial charge in [-0.1, -0.05) is 0 Å². The fourth-order valence-electron chi connectivity index (χ4n) is 3.83. The van der Waals surface area contributed by atoms with Crippen LogP contribution in [-0.4, -0.2) is 166 Å². The van der Waals surface area contributed by atoms with Gasteiger partial charge in [0.05, 0.1) is 25.3 Å². The molecule has 0 aromatic carbocycles. The van der Waals surface area contributed by atoms with Crippen LogP contribution in [0.4, 0.5) is 0 Å². The van der Waals surface area contributed by atoms with Gasteiger partial charge in [0.25, 0.3) is 0 Å². The molecule has 0 aliphatic carbocycles. The number of nitrogens with one attached hydrogen (secondary N) is 4. The molecule has 0 unspecified atom stereocenters. The Morgan fingerprint density at radius 1 is 0.644 bits per heavy atom. The molecule has 45 heavy (non-hydrogen) atoms. The molecule has 0 heterocycles. The van der Waals surface area contributed by atoms with Gasteiger partial charge in [0, 0.05) is 31.9 Å². The molecule has 20 nitrogen and oxygen atoms in total. The summed E-state index contributed by atoms with van der Waals surface area (Å²) in [4.78, 5) is 72.6. The van der Waals surface area contributed by atoms with Crippen LogP contribution in [-0.2, 0) is 28.8 Å². The van der Waals surface area contributed by atoms with Crippen molar-refractivity contribution < 1.29 is 79.8 Å². The molecule has 0 rings (SSSR count). The summed E-state index contributed by atoms with van der Waals surface area (Å²) in [6.07, 6.45) is -15.4. The average Bonchev–Trinajstić information content (AvgIpc) is 2.97. The minimum Gasteiger partial charge on any atom is -0.481 e. The van der Waals surface area contributed by atoms with E-state index in [1.54, 1.807) is 0 Å². The van der Waals surface area contributed by atoms with E-state index in [9.17, 15) is 59.4 Å². The number of aliphatic carboxylic acids is 2. The van der Waals surface area contributed by atoms with Crippen LogP contribution in [0, 0.1) is 0 Å². The number of carboxylic acid groups (broad SMARTS) is 2. The molecule has 0 radical (unpaired) electrons. The van der Waals surface area contributed by atoms with E-state index in [-0.39, 0.29) is 5.75 Å². The second-order valence-corrected chi connectivity index (χ2v) is 10.4. The summed E-state index contributed by atoms with van der Waals surface area (Å²) < 4.78 is 0. The molecular weight excluding hydrogens is 632 g/mol. The lowest BCUT2D eigenvalue weighted by Gasteiger charge is -2.31. The molecule has 0 spiro atoms. The Labute approximate surface area is 261 Å². The molecule has 14 N–H and O–H groups in total. The van der Waals surface area contributed by atoms with Crippen molar-refractivity contribution in [2.45, 2.75) is 93.4 Å². The predicted octanol–water partition coefficient (Wildman–Crippen LogP) is -7.25. The maximum Gasteiger partial charge on any atom is 0.327 e. The molecule has 10 atom stereocenters. The smallest absolute Gasteiger partial charge is 0.327 e. The van der Waals surface area contributed by atoms with Crippen molar-refractivity contribution in [1.82, 2.24) is 21.3 Å². The fourth-order valence-corrected chi connectivity index (χ4v) is 4.08. The number of carbonyl (C=O) groups is 6. The van der Waals surface area contributed by atoms with Crippen molar-refractivity contribution in [2.24, 2.45) is 0 Å². The molecule has 0 saturated carbocycles. The highest BCUT2D eigenvalue weighted by Gasteiger charge is 2.37. The van der Waals surface area contributed by atoms with Crippen LogP contribution in [0.3, 0.4) is 0 Å². The van der Waals surface area contributed by atoms with Crippen molar-refractivity contribution in [3.05, 3.63) is 0 Å². The van der Waals surface area contributed by atoms with Crippen LogP contribution < -0.4 is 21.3 Å². The van der Waals surface area contributed by atoms with Gasteiger partial charge in [-0.3, -0.25) is 24.0 Å². The first-order chi connectivity index (χ1) is 20.9. The molecule has 21 heteroatoms. The van der Waals surface area contributed by atoms with E-state index in [1.807, 2.05) is 5.32 Å². The van der Waals surface area contributed by atoms with Gasteiger partial charge in [-0.2, -0.15) is 12.6 Å². The number of aliphatic hydroxyl groups is 8. The summed E-state index contributed by atoms with van der Waals surface area (Å²) >= 11 is 3.79. The largest absolute Gasteiger partial charge is 0.481 e. The van der Waals surface area contributed by atoms with Gasteiger partial charge in [0.1, 0.15) is 48.7 Å². The minimum absolute atomic E-state index is 0.361. The fraction of sp³-hybridized carbons (Fsp3) is 0.750. The maximum atomic E-state index is 13.2. The standard InChI is InChI=1S/C24H42N4O16S/c1-9(31)25-11(19(38)21(40)14(32)6-29)4-16(34)26-10(2-3-18(36)37)23(42)28-12(20(39)22(41)15(33)7-30)5-17(35)27-13(8-45)24(43)44/h10-15,19-22,29-30,32-33,38-41,45H,2-8H2,1H3,(H,25,31)(H,26,34)(H,27,35)(H,28,42)(H,36,37)(H,43,44)/t10-,11+,12+,13-,14+,15+,19+,20+,21+,22+/m0/s1. The summed E-state index contributed by atoms with van der Waals surface area (Å²) in [6, 6.07) is -6.67. The lowest BCUT2D eigenvalue weighted by atomic mass is 9.97. The molecule has 0 aliphatic heterocycles. The van der Waals surface area contributed by atoms with Gasteiger partial charge >= 0.3 is 11.9 Å². The van der Waals surface area contributed by atoms with Crippen LogP contribution in [0.5, 0.6) is 0 Å². The van der Waals surface area contributed by atoms with Crippen LogP contribution >= 0.6 is 12.6 Å². The van der Waals surface area contributed by atoms with Gasteiger partial charge in [0.15, 0.2) is 0 Å². The second-order valence-electron chi connectivity index (χ2n) is 9.99. The van der Waals surface area contributed by atoms with E-state index >= 15 is 0 Å². The molecule has 0 aromatic rings. The number of carbonyl (C=O) groups excluding carboxylic acids is 4. The van der Waals surface area contributed by atoms with Crippen LogP contribution in [0.15, 0.2) is 0 Å². The first kappa shape index (κ1) is 41.9. The third kappa shape index (κ3) is 15.1. The molecule has 0 aliphatic rings. The topological polar surface area (TPSA) is 353 Å². The third-order valence-electron chi connectivity index (χ3n) is 6.33. The lowest BCUT2D eigenvalue weighted by molar-refractivity contribution is -0.142. The Balaban J connectivity index is 6.12. The summed E-state index contributed by atoms with van der Waals surface area (Å²) in [5.74, 6) is -7.50. The van der Waals surface area contributed by atoms with Crippen molar-refractivity contribution in [3.63, 3.8) is 0 Å². The number of amides is 4. The number of aliphatic hydroxyl groups excluding tert-OH is 8. The Bertz CT molecular complexity index is 1010. The van der Waals surface area contributed by atoms with Gasteiger partial charge in [-0.15, -0.1) is 0 Å². The van der Waals surface area contributed by atoms with Gasteiger partial charge < -0.3 is 72.3 Å². The maximum absolute atomic E-state index is 13.2. The molecule has 0 fully saturated rings. The first-order valence-corrected chi connectivity index (χ1v) is 14.0. The highest BCUT2D eigenvalue weighted by atomic mass is 32.1. The quantitative estimate of drug-likeness (QED) is 0.0474. The minimum atomic E-state index is -2.18. The van der Waals surface area contributed by atoms with Gasteiger partial charge in [0.2, 0.25) is 23.6 Å². The SMILES string of the molecule is CC(=O)N[C@H](CC(=O)N[C@@H](CCC(=O)O)C(=O)N[C@H](CC(=O)N[C@@H](CS)C(=O)O)[C@@H](O)[C@H](O)[C@H](O)CO)[C@@H](O)[C@H](O)[C@H](O)CO. The number of hydrogen-bond acceptors (Lipinski definition) is 15. The molecule has 260 valence electrons. The Kier molecular flexibility index (Phi) is 19.3. The zero-order valence-corrected chi connectivity index (χ0v) is 25.0. The molecule has 0 aromatic heterocycles. The summed E-state index contributed by atoms with van der Waals surface area (Å²) in [5.41, 5.74) is 0. The third-order valence-corrected chi connectivity index (χ3v) is 6.69. The normalized spacial score (nSPS) is 18.0. The second kappa shape index (κ2) is 20.8. The average molecular weight is 675 g/mol. The Morgan fingerprint density at radius 3 is 1.42 bits per heavy atom. The summed E-state index contributed by atoms with van der Waals surface area (Å²) in [5, 5.41) is 105. The van der Waals surface area contributed by atoms with E-state index in [0.717, 1.165) is 6.92 Å². The van der Waals surface area contributed by atoms with Gasteiger partial charge in [-0.25, -0.2) is 4.79 Å². The number of hydrogen-bond donors (Lipinski definition) is 15. The van der Waals surface area contributed by atoms with E-state index in [4.69, 9.17) is 20.4 Å². The number of carboxylic acids is 2. The molecule has 0 saturated heterocycles. The highest BCUT2D eigenvalue weighted by molar-refractivity contribution is 7.80. The summed E-state index contributed by atoms with van der Waals surface area (Å²) in [6.45, 7) is -1.06. The monoisotopic (exact) mass is 674 g/mol. The molecule has 4 amide bonds. The van der Waals surface area contributed by atoms with Crippen molar-refractivity contribution in [3.8, 4) is 0 Å². The molecule has 0 bridgehead atoms. The number of rotatable bonds is 22. The van der Waals surface area contributed by atoms with E-state index in [2.05, 4.69) is 28.6 Å². The van der Waals surface area contributed by atoms with Crippen molar-refractivity contribution >= 4 is 48.2 Å².